The van der Waals surface area contributed by atoms with Crippen LogP contribution in [0.25, 0.3) is 0 Å². The second kappa shape index (κ2) is 5.95. The van der Waals surface area contributed by atoms with Crippen molar-refractivity contribution in [1.82, 2.24) is 9.97 Å². The molecule has 1 aromatic rings. The van der Waals surface area contributed by atoms with Crippen molar-refractivity contribution in [3.63, 3.8) is 0 Å². The lowest BCUT2D eigenvalue weighted by Crippen LogP contribution is -2.46. The van der Waals surface area contributed by atoms with Gasteiger partial charge in [-0.3, -0.25) is 0 Å². The Labute approximate surface area is 121 Å². The number of anilines is 2. The van der Waals surface area contributed by atoms with Gasteiger partial charge in [0.15, 0.2) is 0 Å². The first kappa shape index (κ1) is 13.6. The Morgan fingerprint density at radius 1 is 1.05 bits per heavy atom. The summed E-state index contributed by atoms with van der Waals surface area (Å²) in [4.78, 5) is 13.8. The lowest BCUT2D eigenvalue weighted by molar-refractivity contribution is -0.00546. The third-order valence-corrected chi connectivity index (χ3v) is 4.01. The number of nitrogens with zero attached hydrogens (tertiary/aromatic N) is 4. The second-order valence-electron chi connectivity index (χ2n) is 5.92. The molecule has 20 heavy (non-hydrogen) atoms. The van der Waals surface area contributed by atoms with Gasteiger partial charge in [0.2, 0.25) is 5.95 Å². The van der Waals surface area contributed by atoms with E-state index in [1.165, 1.54) is 19.3 Å². The van der Waals surface area contributed by atoms with Gasteiger partial charge in [-0.05, 0) is 39.2 Å². The van der Waals surface area contributed by atoms with Gasteiger partial charge < -0.3 is 14.5 Å². The van der Waals surface area contributed by atoms with Crippen molar-refractivity contribution in [3.05, 3.63) is 12.3 Å². The molecule has 0 spiro atoms. The van der Waals surface area contributed by atoms with E-state index >= 15 is 0 Å². The van der Waals surface area contributed by atoms with Crippen molar-refractivity contribution in [2.24, 2.45) is 0 Å². The van der Waals surface area contributed by atoms with E-state index in [-0.39, 0.29) is 12.2 Å². The predicted molar refractivity (Wildman–Crippen MR) is 80.3 cm³/mol. The topological polar surface area (TPSA) is 41.5 Å². The van der Waals surface area contributed by atoms with Crippen molar-refractivity contribution < 1.29 is 4.74 Å². The third kappa shape index (κ3) is 3.03. The van der Waals surface area contributed by atoms with Crippen LogP contribution in [0.3, 0.4) is 0 Å². The lowest BCUT2D eigenvalue weighted by Gasteiger charge is -2.36. The molecule has 110 valence electrons. The summed E-state index contributed by atoms with van der Waals surface area (Å²) in [6.07, 6.45) is 6.23. The average Bonchev–Trinajstić information content (AvgIpc) is 2.47. The van der Waals surface area contributed by atoms with Crippen molar-refractivity contribution in [2.45, 2.75) is 45.3 Å². The van der Waals surface area contributed by atoms with E-state index in [0.717, 1.165) is 37.9 Å². The molecule has 0 N–H and O–H groups in total. The molecule has 5 nitrogen and oxygen atoms in total. The summed E-state index contributed by atoms with van der Waals surface area (Å²) in [5.74, 6) is 1.91. The molecule has 0 saturated carbocycles. The summed E-state index contributed by atoms with van der Waals surface area (Å²) < 4.78 is 5.79. The molecule has 2 atom stereocenters. The minimum atomic E-state index is 0.257. The van der Waals surface area contributed by atoms with E-state index in [1.807, 2.05) is 12.3 Å². The maximum absolute atomic E-state index is 5.79. The molecule has 5 heteroatoms. The van der Waals surface area contributed by atoms with Crippen LogP contribution in [0.2, 0.25) is 0 Å². The van der Waals surface area contributed by atoms with Crippen LogP contribution in [-0.2, 0) is 4.74 Å². The summed E-state index contributed by atoms with van der Waals surface area (Å²) in [5.41, 5.74) is 0. The molecule has 2 fully saturated rings. The van der Waals surface area contributed by atoms with Crippen LogP contribution in [0.15, 0.2) is 12.3 Å². The molecule has 0 aromatic carbocycles. The minimum Gasteiger partial charge on any atom is -0.372 e. The standard InChI is InChI=1S/C15H24N4O/c1-12-10-19(11-13(2)20-12)14-6-7-16-15(17-14)18-8-4-3-5-9-18/h6-7,12-13H,3-5,8-11H2,1-2H3. The number of rotatable bonds is 2. The van der Waals surface area contributed by atoms with Crippen molar-refractivity contribution in [2.75, 3.05) is 36.0 Å². The Hall–Kier alpha value is -1.36. The normalized spacial score (nSPS) is 27.7. The Morgan fingerprint density at radius 3 is 2.45 bits per heavy atom. The predicted octanol–water partition coefficient (Wildman–Crippen LogP) is 2.08. The first-order chi connectivity index (χ1) is 9.72. The molecule has 0 bridgehead atoms. The zero-order valence-corrected chi connectivity index (χ0v) is 12.5. The highest BCUT2D eigenvalue weighted by molar-refractivity contribution is 5.44. The van der Waals surface area contributed by atoms with E-state index < -0.39 is 0 Å². The highest BCUT2D eigenvalue weighted by atomic mass is 16.5. The first-order valence-electron chi connectivity index (χ1n) is 7.71. The third-order valence-electron chi connectivity index (χ3n) is 4.01. The second-order valence-corrected chi connectivity index (χ2v) is 5.92. The molecule has 3 rings (SSSR count). The first-order valence-corrected chi connectivity index (χ1v) is 7.71. The van der Waals surface area contributed by atoms with Gasteiger partial charge in [0.1, 0.15) is 5.82 Å². The molecule has 2 aliphatic heterocycles. The van der Waals surface area contributed by atoms with E-state index in [9.17, 15) is 0 Å². The van der Waals surface area contributed by atoms with Crippen LogP contribution < -0.4 is 9.80 Å². The van der Waals surface area contributed by atoms with Gasteiger partial charge in [0, 0.05) is 32.4 Å². The van der Waals surface area contributed by atoms with Crippen LogP contribution in [0, 0.1) is 0 Å². The van der Waals surface area contributed by atoms with Crippen LogP contribution in [0.1, 0.15) is 33.1 Å². The fourth-order valence-electron chi connectivity index (χ4n) is 3.13. The summed E-state index contributed by atoms with van der Waals surface area (Å²) in [6.45, 7) is 8.21. The SMILES string of the molecule is CC1CN(c2ccnc(N3CCCCC3)n2)CC(C)O1. The minimum absolute atomic E-state index is 0.257. The van der Waals surface area contributed by atoms with E-state index in [1.54, 1.807) is 0 Å². The largest absolute Gasteiger partial charge is 0.372 e. The number of morpholine rings is 1. The maximum Gasteiger partial charge on any atom is 0.227 e. The molecular weight excluding hydrogens is 252 g/mol. The van der Waals surface area contributed by atoms with E-state index in [4.69, 9.17) is 9.72 Å². The Balaban J connectivity index is 1.76. The van der Waals surface area contributed by atoms with Crippen molar-refractivity contribution >= 4 is 11.8 Å². The fourth-order valence-corrected chi connectivity index (χ4v) is 3.13. The van der Waals surface area contributed by atoms with Crippen LogP contribution in [0.4, 0.5) is 11.8 Å². The van der Waals surface area contributed by atoms with E-state index in [2.05, 4.69) is 28.6 Å². The van der Waals surface area contributed by atoms with Crippen LogP contribution in [-0.4, -0.2) is 48.4 Å². The summed E-state index contributed by atoms with van der Waals surface area (Å²) >= 11 is 0. The highest BCUT2D eigenvalue weighted by Gasteiger charge is 2.24. The van der Waals surface area contributed by atoms with Gasteiger partial charge in [-0.1, -0.05) is 0 Å². The molecular formula is C15H24N4O. The molecule has 2 aliphatic rings. The van der Waals surface area contributed by atoms with Gasteiger partial charge >= 0.3 is 0 Å². The fraction of sp³-hybridized carbons (Fsp3) is 0.733. The Kier molecular flexibility index (Phi) is 4.05. The van der Waals surface area contributed by atoms with Gasteiger partial charge in [0.25, 0.3) is 0 Å². The summed E-state index contributed by atoms with van der Waals surface area (Å²) in [5, 5.41) is 0. The van der Waals surface area contributed by atoms with E-state index in [0.29, 0.717) is 0 Å². The molecule has 2 unspecified atom stereocenters. The quantitative estimate of drug-likeness (QED) is 0.827. The zero-order chi connectivity index (χ0) is 13.9. The lowest BCUT2D eigenvalue weighted by atomic mass is 10.1. The molecule has 1 aromatic heterocycles. The number of ether oxygens (including phenoxy) is 1. The molecule has 2 saturated heterocycles. The Bertz CT molecular complexity index is 437. The summed E-state index contributed by atoms with van der Waals surface area (Å²) in [7, 11) is 0. The van der Waals surface area contributed by atoms with Gasteiger partial charge in [-0.15, -0.1) is 0 Å². The van der Waals surface area contributed by atoms with Gasteiger partial charge in [-0.25, -0.2) is 4.98 Å². The number of hydrogen-bond donors (Lipinski definition) is 0. The molecule has 0 aliphatic carbocycles. The smallest absolute Gasteiger partial charge is 0.227 e. The molecule has 0 radical (unpaired) electrons. The van der Waals surface area contributed by atoms with Crippen LogP contribution in [0.5, 0.6) is 0 Å². The number of aromatic nitrogens is 2. The number of hydrogen-bond acceptors (Lipinski definition) is 5. The number of piperidine rings is 1. The summed E-state index contributed by atoms with van der Waals surface area (Å²) in [6, 6.07) is 2.01. The Morgan fingerprint density at radius 2 is 1.75 bits per heavy atom. The van der Waals surface area contributed by atoms with Crippen molar-refractivity contribution in [3.8, 4) is 0 Å². The maximum atomic E-state index is 5.79. The zero-order valence-electron chi connectivity index (χ0n) is 12.5. The van der Waals surface area contributed by atoms with Gasteiger partial charge in [0.05, 0.1) is 12.2 Å². The average molecular weight is 276 g/mol. The monoisotopic (exact) mass is 276 g/mol. The van der Waals surface area contributed by atoms with Crippen LogP contribution >= 0.6 is 0 Å². The van der Waals surface area contributed by atoms with Crippen molar-refractivity contribution in [1.29, 1.82) is 0 Å². The van der Waals surface area contributed by atoms with Gasteiger partial charge in [-0.2, -0.15) is 4.98 Å². The molecule has 0 amide bonds. The molecule has 3 heterocycles. The highest BCUT2D eigenvalue weighted by Crippen LogP contribution is 2.21.